The quantitative estimate of drug-likeness (QED) is 0.701. The Bertz CT molecular complexity index is 561. The van der Waals surface area contributed by atoms with Gasteiger partial charge in [-0.05, 0) is 49.0 Å². The fourth-order valence-electron chi connectivity index (χ4n) is 2.29. The average molecular weight is 302 g/mol. The van der Waals surface area contributed by atoms with Crippen molar-refractivity contribution in [1.29, 1.82) is 0 Å². The lowest BCUT2D eigenvalue weighted by Gasteiger charge is -2.24. The van der Waals surface area contributed by atoms with Gasteiger partial charge in [0, 0.05) is 6.20 Å². The van der Waals surface area contributed by atoms with Crippen molar-refractivity contribution in [2.24, 2.45) is 5.92 Å². The molecule has 0 N–H and O–H groups in total. The number of alkyl halides is 3. The maximum atomic E-state index is 12.6. The fraction of sp³-hybridized carbons (Fsp3) is 0.400. The molecule has 1 nitrogen and oxygen atoms in total. The van der Waals surface area contributed by atoms with Crippen LogP contribution in [-0.4, -0.2) is 11.2 Å². The van der Waals surface area contributed by atoms with Crippen LogP contribution in [0.15, 0.2) is 24.9 Å². The molecule has 1 unspecified atom stereocenters. The molecular formula is C15H15ClF3N. The molecule has 0 saturated carbocycles. The summed E-state index contributed by atoms with van der Waals surface area (Å²) in [5.41, 5.74) is 3.14. The van der Waals surface area contributed by atoms with Crippen LogP contribution < -0.4 is 0 Å². The van der Waals surface area contributed by atoms with E-state index < -0.39 is 12.1 Å². The molecule has 0 fully saturated rings. The van der Waals surface area contributed by atoms with Crippen LogP contribution in [0.1, 0.15) is 37.4 Å². The Hall–Kier alpha value is -1.29. The van der Waals surface area contributed by atoms with E-state index in [4.69, 9.17) is 11.6 Å². The van der Waals surface area contributed by atoms with E-state index in [1.807, 2.05) is 6.92 Å². The van der Waals surface area contributed by atoms with E-state index >= 15 is 0 Å². The molecule has 108 valence electrons. The van der Waals surface area contributed by atoms with Crippen molar-refractivity contribution in [3.05, 3.63) is 41.2 Å². The van der Waals surface area contributed by atoms with Crippen LogP contribution in [-0.2, 0) is 0 Å². The SMILES string of the molecule is C=C(C)c1cc(C2=CCC(C(F)(F)F)CC2)c(Cl)cn1. The van der Waals surface area contributed by atoms with Gasteiger partial charge in [0.25, 0.3) is 0 Å². The van der Waals surface area contributed by atoms with Crippen molar-refractivity contribution in [2.45, 2.75) is 32.4 Å². The Morgan fingerprint density at radius 2 is 2.15 bits per heavy atom. The second-order valence-corrected chi connectivity index (χ2v) is 5.48. The zero-order valence-corrected chi connectivity index (χ0v) is 11.9. The largest absolute Gasteiger partial charge is 0.392 e. The number of rotatable bonds is 2. The van der Waals surface area contributed by atoms with Crippen molar-refractivity contribution in [1.82, 2.24) is 4.98 Å². The molecule has 1 aromatic rings. The smallest absolute Gasteiger partial charge is 0.255 e. The summed E-state index contributed by atoms with van der Waals surface area (Å²) in [7, 11) is 0. The van der Waals surface area contributed by atoms with E-state index in [0.717, 1.165) is 16.7 Å². The number of aromatic nitrogens is 1. The molecule has 0 amide bonds. The standard InChI is InChI=1S/C15H15ClF3N/c1-9(2)14-7-12(13(16)8-20-14)10-3-5-11(6-4-10)15(17,18)19/h3,7-8,11H,1,4-6H2,2H3. The maximum Gasteiger partial charge on any atom is 0.392 e. The van der Waals surface area contributed by atoms with E-state index in [2.05, 4.69) is 11.6 Å². The minimum absolute atomic E-state index is 0.0138. The molecule has 1 aliphatic rings. The molecule has 20 heavy (non-hydrogen) atoms. The minimum Gasteiger partial charge on any atom is -0.255 e. The first-order chi connectivity index (χ1) is 9.29. The van der Waals surface area contributed by atoms with Gasteiger partial charge in [0.2, 0.25) is 0 Å². The molecular weight excluding hydrogens is 287 g/mol. The van der Waals surface area contributed by atoms with Gasteiger partial charge in [0.05, 0.1) is 16.6 Å². The molecule has 0 radical (unpaired) electrons. The molecule has 1 aromatic heterocycles. The van der Waals surface area contributed by atoms with Gasteiger partial charge in [0.1, 0.15) is 0 Å². The Balaban J connectivity index is 2.27. The van der Waals surface area contributed by atoms with Crippen molar-refractivity contribution in [2.75, 3.05) is 0 Å². The lowest BCUT2D eigenvalue weighted by Crippen LogP contribution is -2.24. The van der Waals surface area contributed by atoms with E-state index in [0.29, 0.717) is 17.1 Å². The summed E-state index contributed by atoms with van der Waals surface area (Å²) in [5, 5.41) is 0.465. The van der Waals surface area contributed by atoms with Crippen molar-refractivity contribution < 1.29 is 13.2 Å². The van der Waals surface area contributed by atoms with E-state index in [9.17, 15) is 13.2 Å². The number of nitrogens with zero attached hydrogens (tertiary/aromatic N) is 1. The summed E-state index contributed by atoms with van der Waals surface area (Å²) in [6, 6.07) is 1.80. The highest BCUT2D eigenvalue weighted by atomic mass is 35.5. The Labute approximate surface area is 121 Å². The highest BCUT2D eigenvalue weighted by Gasteiger charge is 2.39. The van der Waals surface area contributed by atoms with Gasteiger partial charge in [-0.3, -0.25) is 4.98 Å². The van der Waals surface area contributed by atoms with Crippen LogP contribution in [0.4, 0.5) is 13.2 Å². The van der Waals surface area contributed by atoms with Gasteiger partial charge in [-0.15, -0.1) is 0 Å². The second-order valence-electron chi connectivity index (χ2n) is 5.07. The zero-order chi connectivity index (χ0) is 14.9. The minimum atomic E-state index is -4.12. The average Bonchev–Trinajstić information content (AvgIpc) is 2.38. The van der Waals surface area contributed by atoms with Crippen LogP contribution in [0.3, 0.4) is 0 Å². The molecule has 0 bridgehead atoms. The molecule has 0 saturated heterocycles. The molecule has 1 heterocycles. The van der Waals surface area contributed by atoms with Gasteiger partial charge >= 0.3 is 6.18 Å². The molecule has 1 aliphatic carbocycles. The summed E-state index contributed by atoms with van der Waals surface area (Å²) in [6.07, 6.45) is -0.449. The topological polar surface area (TPSA) is 12.9 Å². The third-order valence-electron chi connectivity index (χ3n) is 3.51. The van der Waals surface area contributed by atoms with Crippen LogP contribution in [0, 0.1) is 5.92 Å². The van der Waals surface area contributed by atoms with Crippen molar-refractivity contribution in [3.8, 4) is 0 Å². The molecule has 2 rings (SSSR count). The number of halogens is 4. The first kappa shape index (κ1) is 15.1. The van der Waals surface area contributed by atoms with Crippen molar-refractivity contribution >= 4 is 22.7 Å². The Morgan fingerprint density at radius 3 is 2.65 bits per heavy atom. The second kappa shape index (κ2) is 5.60. The summed E-state index contributed by atoms with van der Waals surface area (Å²) >= 11 is 6.11. The molecule has 5 heteroatoms. The third kappa shape index (κ3) is 3.23. The number of allylic oxidation sites excluding steroid dienone is 3. The Morgan fingerprint density at radius 1 is 1.45 bits per heavy atom. The van der Waals surface area contributed by atoms with Crippen LogP contribution in [0.2, 0.25) is 5.02 Å². The highest BCUT2D eigenvalue weighted by Crippen LogP contribution is 2.40. The summed E-state index contributed by atoms with van der Waals surface area (Å²) in [5.74, 6) is -1.24. The molecule has 0 aliphatic heterocycles. The van der Waals surface area contributed by atoms with Gasteiger partial charge in [-0.2, -0.15) is 13.2 Å². The number of hydrogen-bond donors (Lipinski definition) is 0. The first-order valence-corrected chi connectivity index (χ1v) is 6.74. The fourth-order valence-corrected chi connectivity index (χ4v) is 2.52. The normalized spacial score (nSPS) is 19.6. The summed E-state index contributed by atoms with van der Waals surface area (Å²) in [6.45, 7) is 5.64. The predicted molar refractivity (Wildman–Crippen MR) is 75.3 cm³/mol. The third-order valence-corrected chi connectivity index (χ3v) is 3.81. The zero-order valence-electron chi connectivity index (χ0n) is 11.1. The molecule has 0 spiro atoms. The van der Waals surface area contributed by atoms with Crippen LogP contribution in [0.5, 0.6) is 0 Å². The number of hydrogen-bond acceptors (Lipinski definition) is 1. The van der Waals surface area contributed by atoms with Crippen LogP contribution in [0.25, 0.3) is 11.1 Å². The van der Waals surface area contributed by atoms with Gasteiger partial charge in [-0.25, -0.2) is 0 Å². The van der Waals surface area contributed by atoms with Gasteiger partial charge in [-0.1, -0.05) is 24.3 Å². The van der Waals surface area contributed by atoms with Crippen LogP contribution >= 0.6 is 11.6 Å². The van der Waals surface area contributed by atoms with Crippen molar-refractivity contribution in [3.63, 3.8) is 0 Å². The Kier molecular flexibility index (Phi) is 4.23. The van der Waals surface area contributed by atoms with Gasteiger partial charge < -0.3 is 0 Å². The molecule has 1 atom stereocenters. The summed E-state index contributed by atoms with van der Waals surface area (Å²) < 4.78 is 37.9. The molecule has 0 aromatic carbocycles. The lowest BCUT2D eigenvalue weighted by molar-refractivity contribution is -0.175. The highest BCUT2D eigenvalue weighted by molar-refractivity contribution is 6.32. The van der Waals surface area contributed by atoms with E-state index in [-0.39, 0.29) is 12.8 Å². The first-order valence-electron chi connectivity index (χ1n) is 6.36. The predicted octanol–water partition coefficient (Wildman–Crippen LogP) is 5.51. The monoisotopic (exact) mass is 301 g/mol. The summed E-state index contributed by atoms with van der Waals surface area (Å²) in [4.78, 5) is 4.15. The maximum absolute atomic E-state index is 12.6. The van der Waals surface area contributed by atoms with E-state index in [1.165, 1.54) is 6.20 Å². The van der Waals surface area contributed by atoms with E-state index in [1.54, 1.807) is 12.1 Å². The number of pyridine rings is 1. The lowest BCUT2D eigenvalue weighted by atomic mass is 9.86. The van der Waals surface area contributed by atoms with Gasteiger partial charge in [0.15, 0.2) is 0 Å².